The predicted octanol–water partition coefficient (Wildman–Crippen LogP) is 3.97. The number of furan rings is 1. The van der Waals surface area contributed by atoms with Crippen LogP contribution >= 0.6 is 0 Å². The van der Waals surface area contributed by atoms with E-state index in [4.69, 9.17) is 4.42 Å². The Bertz CT molecular complexity index is 803. The third kappa shape index (κ3) is 4.28. The van der Waals surface area contributed by atoms with Gasteiger partial charge in [0.25, 0.3) is 0 Å². The number of piperazine rings is 1. The molecule has 0 bridgehead atoms. The Morgan fingerprint density at radius 3 is 2.46 bits per heavy atom. The first-order chi connectivity index (χ1) is 12.3. The summed E-state index contributed by atoms with van der Waals surface area (Å²) in [6.45, 7) is 3.71. The molecule has 0 saturated carbocycles. The average molecular weight is 364 g/mol. The summed E-state index contributed by atoms with van der Waals surface area (Å²) in [5.41, 5.74) is -0.140. The van der Waals surface area contributed by atoms with Crippen LogP contribution in [0, 0.1) is 6.92 Å². The van der Waals surface area contributed by atoms with Crippen molar-refractivity contribution in [3.63, 3.8) is 0 Å². The van der Waals surface area contributed by atoms with Crippen LogP contribution in [0.4, 0.5) is 18.9 Å². The molecule has 0 radical (unpaired) electrons. The van der Waals surface area contributed by atoms with E-state index in [1.54, 1.807) is 23.1 Å². The fourth-order valence-corrected chi connectivity index (χ4v) is 2.87. The minimum Gasteiger partial charge on any atom is -0.462 e. The van der Waals surface area contributed by atoms with E-state index in [2.05, 4.69) is 0 Å². The summed E-state index contributed by atoms with van der Waals surface area (Å²) in [5, 5.41) is 0. The van der Waals surface area contributed by atoms with Crippen molar-refractivity contribution in [1.29, 1.82) is 0 Å². The maximum atomic E-state index is 12.8. The standard InChI is InChI=1S/C19H19F3N2O2/c1-14-5-6-17(26-14)7-8-18(25)24-11-9-23(10-12-24)16-4-2-3-15(13-16)19(20,21)22/h2-8,13H,9-12H2,1H3. The van der Waals surface area contributed by atoms with Gasteiger partial charge in [0.1, 0.15) is 11.5 Å². The highest BCUT2D eigenvalue weighted by Crippen LogP contribution is 2.31. The Labute approximate surface area is 149 Å². The molecule has 1 aliphatic rings. The van der Waals surface area contributed by atoms with E-state index in [9.17, 15) is 18.0 Å². The second-order valence-corrected chi connectivity index (χ2v) is 6.14. The minimum atomic E-state index is -4.36. The molecule has 1 fully saturated rings. The molecular weight excluding hydrogens is 345 g/mol. The van der Waals surface area contributed by atoms with Gasteiger partial charge in [0.2, 0.25) is 5.91 Å². The van der Waals surface area contributed by atoms with Crippen molar-refractivity contribution in [3.8, 4) is 0 Å². The molecule has 0 aliphatic carbocycles. The second kappa shape index (κ2) is 7.27. The Hall–Kier alpha value is -2.70. The number of aryl methyl sites for hydroxylation is 1. The van der Waals surface area contributed by atoms with Crippen LogP contribution in [0.2, 0.25) is 0 Å². The fourth-order valence-electron chi connectivity index (χ4n) is 2.87. The molecule has 26 heavy (non-hydrogen) atoms. The van der Waals surface area contributed by atoms with Crippen LogP contribution in [0.25, 0.3) is 6.08 Å². The largest absolute Gasteiger partial charge is 0.462 e. The van der Waals surface area contributed by atoms with E-state index < -0.39 is 11.7 Å². The van der Waals surface area contributed by atoms with Crippen LogP contribution in [-0.4, -0.2) is 37.0 Å². The van der Waals surface area contributed by atoms with Crippen LogP contribution in [0.3, 0.4) is 0 Å². The molecular formula is C19H19F3N2O2. The first-order valence-corrected chi connectivity index (χ1v) is 8.28. The van der Waals surface area contributed by atoms with Gasteiger partial charge in [-0.25, -0.2) is 0 Å². The number of benzene rings is 1. The molecule has 0 unspecified atom stereocenters. The van der Waals surface area contributed by atoms with E-state index in [-0.39, 0.29) is 5.91 Å². The number of carbonyl (C=O) groups excluding carboxylic acids is 1. The highest BCUT2D eigenvalue weighted by molar-refractivity contribution is 5.91. The quantitative estimate of drug-likeness (QED) is 0.774. The third-order valence-electron chi connectivity index (χ3n) is 4.28. The summed E-state index contributed by atoms with van der Waals surface area (Å²) < 4.78 is 43.9. The van der Waals surface area contributed by atoms with Gasteiger partial charge in [0.05, 0.1) is 5.56 Å². The summed E-state index contributed by atoms with van der Waals surface area (Å²) in [7, 11) is 0. The molecule has 0 N–H and O–H groups in total. The van der Waals surface area contributed by atoms with Gasteiger partial charge in [-0.15, -0.1) is 0 Å². The lowest BCUT2D eigenvalue weighted by atomic mass is 10.1. The summed E-state index contributed by atoms with van der Waals surface area (Å²) >= 11 is 0. The van der Waals surface area contributed by atoms with Gasteiger partial charge in [0, 0.05) is 37.9 Å². The zero-order chi connectivity index (χ0) is 18.7. The Morgan fingerprint density at radius 2 is 1.85 bits per heavy atom. The first-order valence-electron chi connectivity index (χ1n) is 8.28. The summed E-state index contributed by atoms with van der Waals surface area (Å²) in [5.74, 6) is 1.24. The lowest BCUT2D eigenvalue weighted by molar-refractivity contribution is -0.137. The molecule has 2 aromatic rings. The summed E-state index contributed by atoms with van der Waals surface area (Å²) in [6.07, 6.45) is -1.28. The number of carbonyl (C=O) groups is 1. The van der Waals surface area contributed by atoms with Gasteiger partial charge in [0.15, 0.2) is 0 Å². The number of rotatable bonds is 3. The number of hydrogen-bond donors (Lipinski definition) is 0. The van der Waals surface area contributed by atoms with Crippen molar-refractivity contribution in [2.45, 2.75) is 13.1 Å². The zero-order valence-corrected chi connectivity index (χ0v) is 14.3. The molecule has 4 nitrogen and oxygen atoms in total. The molecule has 138 valence electrons. The molecule has 7 heteroatoms. The first kappa shape index (κ1) is 18.1. The second-order valence-electron chi connectivity index (χ2n) is 6.14. The molecule has 2 heterocycles. The van der Waals surface area contributed by atoms with Crippen molar-refractivity contribution < 1.29 is 22.4 Å². The summed E-state index contributed by atoms with van der Waals surface area (Å²) in [6, 6.07) is 8.87. The van der Waals surface area contributed by atoms with Gasteiger partial charge in [-0.2, -0.15) is 13.2 Å². The molecule has 1 aromatic heterocycles. The molecule has 1 saturated heterocycles. The highest BCUT2D eigenvalue weighted by Gasteiger charge is 2.31. The average Bonchev–Trinajstić information content (AvgIpc) is 3.04. The summed E-state index contributed by atoms with van der Waals surface area (Å²) in [4.78, 5) is 15.8. The predicted molar refractivity (Wildman–Crippen MR) is 92.7 cm³/mol. The minimum absolute atomic E-state index is 0.136. The number of hydrogen-bond acceptors (Lipinski definition) is 3. The van der Waals surface area contributed by atoms with Crippen LogP contribution in [0.5, 0.6) is 0 Å². The molecule has 3 rings (SSSR count). The Kier molecular flexibility index (Phi) is 5.06. The molecule has 0 spiro atoms. The van der Waals surface area contributed by atoms with Gasteiger partial charge < -0.3 is 14.2 Å². The molecule has 0 atom stereocenters. The fraction of sp³-hybridized carbons (Fsp3) is 0.316. The van der Waals surface area contributed by atoms with E-state index in [0.717, 1.165) is 17.9 Å². The number of alkyl halides is 3. The Balaban J connectivity index is 1.59. The van der Waals surface area contributed by atoms with Gasteiger partial charge >= 0.3 is 6.18 Å². The van der Waals surface area contributed by atoms with Crippen molar-refractivity contribution in [2.75, 3.05) is 31.1 Å². The number of nitrogens with zero attached hydrogens (tertiary/aromatic N) is 2. The number of halogens is 3. The smallest absolute Gasteiger partial charge is 0.416 e. The van der Waals surface area contributed by atoms with Crippen LogP contribution in [0.1, 0.15) is 17.1 Å². The zero-order valence-electron chi connectivity index (χ0n) is 14.3. The van der Waals surface area contributed by atoms with Crippen molar-refractivity contribution in [3.05, 3.63) is 59.6 Å². The molecule has 1 amide bonds. The molecule has 1 aliphatic heterocycles. The van der Waals surface area contributed by atoms with E-state index >= 15 is 0 Å². The lowest BCUT2D eigenvalue weighted by Gasteiger charge is -2.35. The van der Waals surface area contributed by atoms with Crippen LogP contribution < -0.4 is 4.90 Å². The maximum absolute atomic E-state index is 12.8. The topological polar surface area (TPSA) is 36.7 Å². The SMILES string of the molecule is Cc1ccc(C=CC(=O)N2CCN(c3cccc(C(F)(F)F)c3)CC2)o1. The van der Waals surface area contributed by atoms with E-state index in [1.165, 1.54) is 12.1 Å². The lowest BCUT2D eigenvalue weighted by Crippen LogP contribution is -2.48. The van der Waals surface area contributed by atoms with Crippen LogP contribution in [-0.2, 0) is 11.0 Å². The third-order valence-corrected chi connectivity index (χ3v) is 4.28. The Morgan fingerprint density at radius 1 is 1.12 bits per heavy atom. The van der Waals surface area contributed by atoms with E-state index in [0.29, 0.717) is 37.6 Å². The van der Waals surface area contributed by atoms with Crippen molar-refractivity contribution in [2.24, 2.45) is 0 Å². The van der Waals surface area contributed by atoms with Gasteiger partial charge in [-0.05, 0) is 43.3 Å². The van der Waals surface area contributed by atoms with Gasteiger partial charge in [-0.3, -0.25) is 4.79 Å². The van der Waals surface area contributed by atoms with Crippen molar-refractivity contribution >= 4 is 17.7 Å². The molecule has 1 aromatic carbocycles. The number of amides is 1. The van der Waals surface area contributed by atoms with Crippen LogP contribution in [0.15, 0.2) is 46.9 Å². The highest BCUT2D eigenvalue weighted by atomic mass is 19.4. The number of anilines is 1. The monoisotopic (exact) mass is 364 g/mol. The normalized spacial score (nSPS) is 15.7. The van der Waals surface area contributed by atoms with Crippen molar-refractivity contribution in [1.82, 2.24) is 4.90 Å². The maximum Gasteiger partial charge on any atom is 0.416 e. The van der Waals surface area contributed by atoms with E-state index in [1.807, 2.05) is 17.9 Å². The van der Waals surface area contributed by atoms with Gasteiger partial charge in [-0.1, -0.05) is 6.07 Å².